The second kappa shape index (κ2) is 21.2. The lowest BCUT2D eigenvalue weighted by Gasteiger charge is -2.31. The minimum atomic E-state index is 1.02. The first kappa shape index (κ1) is 49.1. The molecule has 0 bridgehead atoms. The third kappa shape index (κ3) is 9.27. The summed E-state index contributed by atoms with van der Waals surface area (Å²) in [4.78, 5) is 4.89. The molecule has 0 saturated carbocycles. The van der Waals surface area contributed by atoms with Crippen molar-refractivity contribution in [1.29, 1.82) is 0 Å². The summed E-state index contributed by atoms with van der Waals surface area (Å²) in [5.74, 6) is 0. The molecule has 0 aliphatic rings. The number of hydrogen-bond donors (Lipinski definition) is 0. The first-order valence-corrected chi connectivity index (χ1v) is 28.5. The van der Waals surface area contributed by atoms with Crippen LogP contribution in [-0.2, 0) is 0 Å². The maximum atomic E-state index is 2.46. The highest BCUT2D eigenvalue weighted by atomic mass is 15.2. The standard InChI is InChI=1S/C80H55N3/c1-5-19-56(20-6-1)59-33-35-60(36-34-59)63-41-47-69(48-42-63)82(70-49-50-77-76-31-17-18-32-79(76)83(80(77)55-70)66-26-11-4-12-27-66)72-52-65(78-53-64-25-13-14-28-73(64)74-29-15-16-30-75(74)78)51-71(54-72)81(67-43-37-61(38-44-67)57-21-7-2-8-22-57)68-45-39-62(40-46-68)58-23-9-3-10-24-58/h1-55H. The molecule has 0 amide bonds. The van der Waals surface area contributed by atoms with E-state index in [4.69, 9.17) is 0 Å². The Morgan fingerprint density at radius 1 is 0.193 bits per heavy atom. The summed E-state index contributed by atoms with van der Waals surface area (Å²) in [5.41, 5.74) is 21.3. The van der Waals surface area contributed by atoms with Gasteiger partial charge in [-0.2, -0.15) is 0 Å². The molecule has 390 valence electrons. The summed E-state index contributed by atoms with van der Waals surface area (Å²) in [6.45, 7) is 0. The fourth-order valence-electron chi connectivity index (χ4n) is 12.3. The van der Waals surface area contributed by atoms with Crippen molar-refractivity contribution < 1.29 is 0 Å². The van der Waals surface area contributed by atoms with Crippen molar-refractivity contribution in [3.8, 4) is 61.3 Å². The van der Waals surface area contributed by atoms with E-state index >= 15 is 0 Å². The van der Waals surface area contributed by atoms with E-state index < -0.39 is 0 Å². The number of hydrogen-bond acceptors (Lipinski definition) is 2. The Hall–Kier alpha value is -11.0. The van der Waals surface area contributed by atoms with Gasteiger partial charge in [-0.15, -0.1) is 0 Å². The van der Waals surface area contributed by atoms with Crippen LogP contribution in [-0.4, -0.2) is 4.57 Å². The van der Waals surface area contributed by atoms with Gasteiger partial charge in [0.25, 0.3) is 0 Å². The van der Waals surface area contributed by atoms with Crippen LogP contribution in [0.25, 0.3) is 105 Å². The van der Waals surface area contributed by atoms with E-state index in [1.54, 1.807) is 0 Å². The number of nitrogens with zero attached hydrogens (tertiary/aromatic N) is 3. The molecular formula is C80H55N3. The van der Waals surface area contributed by atoms with Crippen LogP contribution in [0, 0.1) is 0 Å². The Balaban J connectivity index is 0.978. The fourth-order valence-corrected chi connectivity index (χ4v) is 12.3. The molecule has 0 N–H and O–H groups in total. The van der Waals surface area contributed by atoms with Crippen LogP contribution in [0.1, 0.15) is 0 Å². The van der Waals surface area contributed by atoms with E-state index in [1.165, 1.54) is 60.1 Å². The van der Waals surface area contributed by atoms with Gasteiger partial charge in [-0.3, -0.25) is 0 Å². The largest absolute Gasteiger partial charge is 0.310 e. The number of rotatable bonds is 12. The quantitative estimate of drug-likeness (QED) is 0.113. The Morgan fingerprint density at radius 3 is 1.06 bits per heavy atom. The average Bonchev–Trinajstić information content (AvgIpc) is 4.04. The third-order valence-electron chi connectivity index (χ3n) is 16.3. The van der Waals surface area contributed by atoms with Crippen LogP contribution >= 0.6 is 0 Å². The maximum absolute atomic E-state index is 2.46. The van der Waals surface area contributed by atoms with E-state index in [9.17, 15) is 0 Å². The topological polar surface area (TPSA) is 11.4 Å². The molecule has 83 heavy (non-hydrogen) atoms. The van der Waals surface area contributed by atoms with Crippen molar-refractivity contribution in [3.05, 3.63) is 334 Å². The van der Waals surface area contributed by atoms with Gasteiger partial charge in [-0.25, -0.2) is 0 Å². The fraction of sp³-hybridized carbons (Fsp3) is 0. The zero-order valence-corrected chi connectivity index (χ0v) is 45.6. The molecule has 15 aromatic rings. The molecule has 1 aromatic heterocycles. The Labute approximate surface area is 484 Å². The van der Waals surface area contributed by atoms with Gasteiger partial charge in [-0.1, -0.05) is 243 Å². The lowest BCUT2D eigenvalue weighted by Crippen LogP contribution is -2.14. The van der Waals surface area contributed by atoms with Crippen molar-refractivity contribution >= 4 is 77.5 Å². The highest BCUT2D eigenvalue weighted by Crippen LogP contribution is 2.47. The summed E-state index contributed by atoms with van der Waals surface area (Å²) in [6, 6.07) is 122. The summed E-state index contributed by atoms with van der Waals surface area (Å²) in [6.07, 6.45) is 0. The summed E-state index contributed by atoms with van der Waals surface area (Å²) < 4.78 is 2.41. The summed E-state index contributed by atoms with van der Waals surface area (Å²) in [7, 11) is 0. The average molecular weight is 1060 g/mol. The van der Waals surface area contributed by atoms with E-state index in [2.05, 4.69) is 348 Å². The van der Waals surface area contributed by atoms with Gasteiger partial charge in [0.05, 0.1) is 11.0 Å². The molecule has 0 aliphatic carbocycles. The van der Waals surface area contributed by atoms with E-state index in [0.717, 1.165) is 78.7 Å². The number of aromatic nitrogens is 1. The van der Waals surface area contributed by atoms with Crippen LogP contribution in [0.2, 0.25) is 0 Å². The highest BCUT2D eigenvalue weighted by molar-refractivity contribution is 6.14. The van der Waals surface area contributed by atoms with E-state index in [-0.39, 0.29) is 0 Å². The molecule has 14 aromatic carbocycles. The molecular weight excluding hydrogens is 1000 g/mol. The first-order chi connectivity index (χ1) is 41.1. The van der Waals surface area contributed by atoms with Crippen LogP contribution in [0.3, 0.4) is 0 Å². The number of anilines is 6. The van der Waals surface area contributed by atoms with Crippen molar-refractivity contribution in [2.45, 2.75) is 0 Å². The number of fused-ring (bicyclic) bond motifs is 6. The SMILES string of the molecule is c1ccc(-c2ccc(-c3ccc(N(c4cc(-c5cc6ccccc6c6ccccc56)cc(N(c5ccc(-c6ccccc6)cc5)c5ccc(-c6ccccc6)cc5)c4)c4ccc5c6ccccc6n(-c6ccccc6)c5c4)cc3)cc2)cc1. The lowest BCUT2D eigenvalue weighted by atomic mass is 9.92. The lowest BCUT2D eigenvalue weighted by molar-refractivity contribution is 1.18. The van der Waals surface area contributed by atoms with E-state index in [0.29, 0.717) is 0 Å². The molecule has 0 spiro atoms. The highest BCUT2D eigenvalue weighted by Gasteiger charge is 2.23. The van der Waals surface area contributed by atoms with Gasteiger partial charge >= 0.3 is 0 Å². The molecule has 1 heterocycles. The minimum Gasteiger partial charge on any atom is -0.310 e. The molecule has 0 atom stereocenters. The predicted octanol–water partition coefficient (Wildman–Crippen LogP) is 22.4. The zero-order chi connectivity index (χ0) is 55.1. The van der Waals surface area contributed by atoms with Crippen molar-refractivity contribution in [2.75, 3.05) is 9.80 Å². The monoisotopic (exact) mass is 1060 g/mol. The van der Waals surface area contributed by atoms with Crippen LogP contribution in [0.5, 0.6) is 0 Å². The second-order valence-corrected chi connectivity index (χ2v) is 21.3. The number of benzene rings is 14. The van der Waals surface area contributed by atoms with Crippen LogP contribution in [0.15, 0.2) is 334 Å². The van der Waals surface area contributed by atoms with Crippen LogP contribution in [0.4, 0.5) is 34.1 Å². The molecule has 0 unspecified atom stereocenters. The summed E-state index contributed by atoms with van der Waals surface area (Å²) >= 11 is 0. The van der Waals surface area contributed by atoms with E-state index in [1.807, 2.05) is 0 Å². The Kier molecular flexibility index (Phi) is 12.6. The van der Waals surface area contributed by atoms with Crippen LogP contribution < -0.4 is 9.80 Å². The molecule has 0 saturated heterocycles. The predicted molar refractivity (Wildman–Crippen MR) is 352 cm³/mol. The molecule has 0 radical (unpaired) electrons. The smallest absolute Gasteiger partial charge is 0.0561 e. The minimum absolute atomic E-state index is 1.02. The molecule has 15 rings (SSSR count). The normalized spacial score (nSPS) is 11.4. The van der Waals surface area contributed by atoms with Gasteiger partial charge in [0, 0.05) is 50.6 Å². The third-order valence-corrected chi connectivity index (χ3v) is 16.3. The molecule has 3 heteroatoms. The van der Waals surface area contributed by atoms with Gasteiger partial charge < -0.3 is 14.4 Å². The number of para-hydroxylation sites is 2. The van der Waals surface area contributed by atoms with Gasteiger partial charge in [0.15, 0.2) is 0 Å². The maximum Gasteiger partial charge on any atom is 0.0561 e. The zero-order valence-electron chi connectivity index (χ0n) is 45.6. The Morgan fingerprint density at radius 2 is 0.554 bits per heavy atom. The molecule has 0 fully saturated rings. The second-order valence-electron chi connectivity index (χ2n) is 21.3. The first-order valence-electron chi connectivity index (χ1n) is 28.5. The van der Waals surface area contributed by atoms with Crippen molar-refractivity contribution in [3.63, 3.8) is 0 Å². The van der Waals surface area contributed by atoms with Gasteiger partial charge in [0.2, 0.25) is 0 Å². The van der Waals surface area contributed by atoms with Gasteiger partial charge in [0.1, 0.15) is 0 Å². The van der Waals surface area contributed by atoms with Gasteiger partial charge in [-0.05, 0) is 168 Å². The molecule has 3 nitrogen and oxygen atoms in total. The summed E-state index contributed by atoms with van der Waals surface area (Å²) in [5, 5.41) is 7.27. The van der Waals surface area contributed by atoms with Crippen molar-refractivity contribution in [1.82, 2.24) is 4.57 Å². The Bertz CT molecular complexity index is 4700. The molecule has 0 aliphatic heterocycles. The van der Waals surface area contributed by atoms with Crippen molar-refractivity contribution in [2.24, 2.45) is 0 Å².